The molecule has 1 aliphatic rings. The van der Waals surface area contributed by atoms with Gasteiger partial charge in [-0.2, -0.15) is 0 Å². The highest BCUT2D eigenvalue weighted by Crippen LogP contribution is 2.22. The molecular formula is C18H21ClN4O2. The van der Waals surface area contributed by atoms with Crippen LogP contribution in [0.25, 0.3) is 0 Å². The van der Waals surface area contributed by atoms with Gasteiger partial charge in [0.1, 0.15) is 6.04 Å². The number of carbonyl (C=O) groups is 1. The van der Waals surface area contributed by atoms with E-state index in [2.05, 4.69) is 26.6 Å². The van der Waals surface area contributed by atoms with Crippen LogP contribution in [0.5, 0.6) is 0 Å². The van der Waals surface area contributed by atoms with E-state index < -0.39 is 6.04 Å². The number of amides is 1. The van der Waals surface area contributed by atoms with Gasteiger partial charge in [-0.1, -0.05) is 17.7 Å². The average Bonchev–Trinajstić information content (AvgIpc) is 2.64. The van der Waals surface area contributed by atoms with Gasteiger partial charge < -0.3 is 20.3 Å². The summed E-state index contributed by atoms with van der Waals surface area (Å²) in [7, 11) is 0. The molecule has 0 bridgehead atoms. The van der Waals surface area contributed by atoms with E-state index in [1.54, 1.807) is 25.3 Å². The Bertz CT molecular complexity index is 735. The molecule has 0 saturated carbocycles. The summed E-state index contributed by atoms with van der Waals surface area (Å²) >= 11 is 5.98. The second kappa shape index (κ2) is 8.18. The molecule has 0 radical (unpaired) electrons. The highest BCUT2D eigenvalue weighted by atomic mass is 35.5. The molecule has 1 aliphatic heterocycles. The van der Waals surface area contributed by atoms with Crippen molar-refractivity contribution in [2.45, 2.75) is 13.0 Å². The first-order chi connectivity index (χ1) is 12.1. The van der Waals surface area contributed by atoms with E-state index in [0.717, 1.165) is 37.7 Å². The van der Waals surface area contributed by atoms with Crippen molar-refractivity contribution >= 4 is 34.6 Å². The number of nitrogens with one attached hydrogen (secondary N) is 2. The summed E-state index contributed by atoms with van der Waals surface area (Å²) in [4.78, 5) is 18.6. The number of morpholine rings is 1. The zero-order valence-corrected chi connectivity index (χ0v) is 14.8. The Morgan fingerprint density at radius 3 is 2.84 bits per heavy atom. The van der Waals surface area contributed by atoms with E-state index in [1.807, 2.05) is 18.2 Å². The van der Waals surface area contributed by atoms with Gasteiger partial charge in [0.25, 0.3) is 0 Å². The fraction of sp³-hybridized carbons (Fsp3) is 0.333. The monoisotopic (exact) mass is 360 g/mol. The third kappa shape index (κ3) is 4.61. The number of hydrogen-bond donors (Lipinski definition) is 2. The summed E-state index contributed by atoms with van der Waals surface area (Å²) < 4.78 is 5.39. The summed E-state index contributed by atoms with van der Waals surface area (Å²) in [6, 6.07) is 11.1. The van der Waals surface area contributed by atoms with Crippen molar-refractivity contribution in [3.05, 3.63) is 47.7 Å². The van der Waals surface area contributed by atoms with Crippen molar-refractivity contribution in [2.75, 3.05) is 41.8 Å². The van der Waals surface area contributed by atoms with E-state index in [-0.39, 0.29) is 11.1 Å². The third-order valence-electron chi connectivity index (χ3n) is 4.02. The van der Waals surface area contributed by atoms with E-state index in [1.165, 1.54) is 0 Å². The molecule has 0 spiro atoms. The van der Waals surface area contributed by atoms with Gasteiger partial charge in [0.05, 0.1) is 18.9 Å². The minimum atomic E-state index is -0.420. The molecule has 1 aromatic heterocycles. The number of rotatable bonds is 5. The highest BCUT2D eigenvalue weighted by molar-refractivity contribution is 6.32. The fourth-order valence-corrected chi connectivity index (χ4v) is 2.82. The minimum Gasteiger partial charge on any atom is -0.378 e. The van der Waals surface area contributed by atoms with Crippen molar-refractivity contribution in [1.82, 2.24) is 4.98 Å². The van der Waals surface area contributed by atoms with Crippen molar-refractivity contribution in [2.24, 2.45) is 0 Å². The molecule has 1 aromatic carbocycles. The maximum Gasteiger partial charge on any atom is 0.246 e. The molecule has 1 atom stereocenters. The number of pyridine rings is 1. The van der Waals surface area contributed by atoms with Gasteiger partial charge in [0.15, 0.2) is 5.15 Å². The number of nitrogens with zero attached hydrogens (tertiary/aromatic N) is 2. The molecule has 2 aromatic rings. The number of anilines is 3. The molecule has 1 amide bonds. The molecular weight excluding hydrogens is 340 g/mol. The summed E-state index contributed by atoms with van der Waals surface area (Å²) in [5, 5.41) is 6.29. The number of carbonyl (C=O) groups excluding carboxylic acids is 1. The summed E-state index contributed by atoms with van der Waals surface area (Å²) in [6.07, 6.45) is 1.58. The van der Waals surface area contributed by atoms with Crippen molar-refractivity contribution in [1.29, 1.82) is 0 Å². The molecule has 0 aliphatic carbocycles. The molecule has 2 heterocycles. The summed E-state index contributed by atoms with van der Waals surface area (Å²) in [5.41, 5.74) is 2.52. The Labute approximate surface area is 152 Å². The zero-order valence-electron chi connectivity index (χ0n) is 14.0. The van der Waals surface area contributed by atoms with Gasteiger partial charge in [-0.15, -0.1) is 0 Å². The first-order valence-corrected chi connectivity index (χ1v) is 8.62. The maximum absolute atomic E-state index is 12.4. The summed E-state index contributed by atoms with van der Waals surface area (Å²) in [5.74, 6) is -0.174. The lowest BCUT2D eigenvalue weighted by atomic mass is 10.2. The Hall–Kier alpha value is -2.31. The number of halogens is 1. The lowest BCUT2D eigenvalue weighted by Gasteiger charge is -2.29. The normalized spacial score (nSPS) is 15.5. The van der Waals surface area contributed by atoms with Crippen LogP contribution in [0.2, 0.25) is 5.15 Å². The maximum atomic E-state index is 12.4. The molecule has 132 valence electrons. The van der Waals surface area contributed by atoms with Crippen molar-refractivity contribution in [3.63, 3.8) is 0 Å². The van der Waals surface area contributed by atoms with Gasteiger partial charge in [0.2, 0.25) is 5.91 Å². The van der Waals surface area contributed by atoms with Crippen LogP contribution in [0.15, 0.2) is 42.6 Å². The van der Waals surface area contributed by atoms with Crippen LogP contribution in [0.4, 0.5) is 17.1 Å². The quantitative estimate of drug-likeness (QED) is 0.802. The van der Waals surface area contributed by atoms with Crippen molar-refractivity contribution in [3.8, 4) is 0 Å². The number of benzene rings is 1. The number of hydrogen-bond acceptors (Lipinski definition) is 5. The predicted octanol–water partition coefficient (Wildman–Crippen LogP) is 3.01. The highest BCUT2D eigenvalue weighted by Gasteiger charge is 2.16. The van der Waals surface area contributed by atoms with Crippen LogP contribution >= 0.6 is 11.6 Å². The second-order valence-electron chi connectivity index (χ2n) is 5.85. The van der Waals surface area contributed by atoms with Crippen LogP contribution in [-0.4, -0.2) is 43.2 Å². The SMILES string of the molecule is CC(Nc1cccc(N2CCOCC2)c1)C(=O)Nc1cccnc1Cl. The first-order valence-electron chi connectivity index (χ1n) is 8.24. The molecule has 25 heavy (non-hydrogen) atoms. The Morgan fingerprint density at radius 2 is 2.08 bits per heavy atom. The third-order valence-corrected chi connectivity index (χ3v) is 4.32. The Morgan fingerprint density at radius 1 is 1.28 bits per heavy atom. The fourth-order valence-electron chi connectivity index (χ4n) is 2.65. The zero-order chi connectivity index (χ0) is 17.6. The second-order valence-corrected chi connectivity index (χ2v) is 6.20. The van der Waals surface area contributed by atoms with Crippen molar-refractivity contribution < 1.29 is 9.53 Å². The molecule has 2 N–H and O–H groups in total. The standard InChI is InChI=1S/C18H21ClN4O2/c1-13(18(24)22-16-6-3-7-20-17(16)19)21-14-4-2-5-15(12-14)23-8-10-25-11-9-23/h2-7,12-13,21H,8-11H2,1H3,(H,22,24). The average molecular weight is 361 g/mol. The van der Waals surface area contributed by atoms with Gasteiger partial charge in [0, 0.05) is 30.7 Å². The minimum absolute atomic E-state index is 0.174. The Balaban J connectivity index is 1.63. The van der Waals surface area contributed by atoms with E-state index in [4.69, 9.17) is 16.3 Å². The van der Waals surface area contributed by atoms with Crippen LogP contribution in [0.3, 0.4) is 0 Å². The van der Waals surface area contributed by atoms with Crippen LogP contribution in [0, 0.1) is 0 Å². The summed E-state index contributed by atoms with van der Waals surface area (Å²) in [6.45, 7) is 5.03. The van der Waals surface area contributed by atoms with Gasteiger partial charge >= 0.3 is 0 Å². The number of ether oxygens (including phenoxy) is 1. The van der Waals surface area contributed by atoms with Crippen LogP contribution in [0.1, 0.15) is 6.92 Å². The van der Waals surface area contributed by atoms with E-state index >= 15 is 0 Å². The molecule has 1 saturated heterocycles. The molecule has 6 nitrogen and oxygen atoms in total. The smallest absolute Gasteiger partial charge is 0.246 e. The lowest BCUT2D eigenvalue weighted by molar-refractivity contribution is -0.116. The molecule has 1 fully saturated rings. The first kappa shape index (κ1) is 17.5. The molecule has 1 unspecified atom stereocenters. The van der Waals surface area contributed by atoms with Gasteiger partial charge in [-0.05, 0) is 37.3 Å². The largest absolute Gasteiger partial charge is 0.378 e. The lowest BCUT2D eigenvalue weighted by Crippen LogP contribution is -2.36. The molecule has 7 heteroatoms. The van der Waals surface area contributed by atoms with Crippen LogP contribution in [-0.2, 0) is 9.53 Å². The van der Waals surface area contributed by atoms with Crippen LogP contribution < -0.4 is 15.5 Å². The van der Waals surface area contributed by atoms with Gasteiger partial charge in [-0.25, -0.2) is 4.98 Å². The number of aromatic nitrogens is 1. The topological polar surface area (TPSA) is 66.5 Å². The van der Waals surface area contributed by atoms with Gasteiger partial charge in [-0.3, -0.25) is 4.79 Å². The predicted molar refractivity (Wildman–Crippen MR) is 100 cm³/mol. The molecule has 3 rings (SSSR count). The van der Waals surface area contributed by atoms with E-state index in [0.29, 0.717) is 5.69 Å². The Kier molecular flexibility index (Phi) is 5.73. The van der Waals surface area contributed by atoms with E-state index in [9.17, 15) is 4.79 Å².